The summed E-state index contributed by atoms with van der Waals surface area (Å²) in [5, 5.41) is 3.71. The van der Waals surface area contributed by atoms with Gasteiger partial charge in [-0.2, -0.15) is 0 Å². The zero-order valence-corrected chi connectivity index (χ0v) is 20.1. The van der Waals surface area contributed by atoms with E-state index >= 15 is 0 Å². The SMILES string of the molecule is Fc1ccc(C(OCCC2CCN(C[C@@H]3Cc4ccccc4CN3)CC2)c2ccc(F)cc2)cc1. The minimum Gasteiger partial charge on any atom is -0.369 e. The second kappa shape index (κ2) is 11.4. The van der Waals surface area contributed by atoms with Crippen LogP contribution >= 0.6 is 0 Å². The number of hydrogen-bond donors (Lipinski definition) is 1. The summed E-state index contributed by atoms with van der Waals surface area (Å²) in [4.78, 5) is 2.60. The van der Waals surface area contributed by atoms with Gasteiger partial charge >= 0.3 is 0 Å². The predicted molar refractivity (Wildman–Crippen MR) is 135 cm³/mol. The Bertz CT molecular complexity index is 1030. The van der Waals surface area contributed by atoms with Crippen molar-refractivity contribution in [2.75, 3.05) is 26.2 Å². The van der Waals surface area contributed by atoms with Gasteiger partial charge in [0.2, 0.25) is 0 Å². The van der Waals surface area contributed by atoms with E-state index in [1.165, 1.54) is 48.2 Å². The molecule has 0 aromatic heterocycles. The molecule has 3 nitrogen and oxygen atoms in total. The van der Waals surface area contributed by atoms with Crippen molar-refractivity contribution < 1.29 is 13.5 Å². The molecule has 3 aromatic rings. The number of likely N-dealkylation sites (tertiary alicyclic amines) is 1. The van der Waals surface area contributed by atoms with Gasteiger partial charge in [0.25, 0.3) is 0 Å². The molecular formula is C30H34F2N2O. The second-order valence-corrected chi connectivity index (χ2v) is 9.94. The maximum atomic E-state index is 13.4. The number of halogens is 2. The first-order valence-electron chi connectivity index (χ1n) is 12.8. The smallest absolute Gasteiger partial charge is 0.123 e. The summed E-state index contributed by atoms with van der Waals surface area (Å²) >= 11 is 0. The lowest BCUT2D eigenvalue weighted by Gasteiger charge is -2.36. The first-order chi connectivity index (χ1) is 17.1. The summed E-state index contributed by atoms with van der Waals surface area (Å²) in [7, 11) is 0. The number of nitrogens with zero attached hydrogens (tertiary/aromatic N) is 1. The number of benzene rings is 3. The molecule has 0 saturated carbocycles. The van der Waals surface area contributed by atoms with Crippen LogP contribution in [0.1, 0.15) is 47.6 Å². The Morgan fingerprint density at radius 1 is 0.829 bits per heavy atom. The molecule has 0 amide bonds. The van der Waals surface area contributed by atoms with E-state index in [-0.39, 0.29) is 17.7 Å². The number of hydrogen-bond acceptors (Lipinski definition) is 3. The molecule has 0 unspecified atom stereocenters. The van der Waals surface area contributed by atoms with E-state index in [0.29, 0.717) is 18.6 Å². The molecule has 2 heterocycles. The molecule has 5 rings (SSSR count). The fraction of sp³-hybridized carbons (Fsp3) is 0.400. The van der Waals surface area contributed by atoms with E-state index in [4.69, 9.17) is 4.74 Å². The quantitative estimate of drug-likeness (QED) is 0.439. The Balaban J connectivity index is 1.10. The summed E-state index contributed by atoms with van der Waals surface area (Å²) < 4.78 is 33.2. The average molecular weight is 477 g/mol. The minimum absolute atomic E-state index is 0.272. The summed E-state index contributed by atoms with van der Waals surface area (Å²) in [5.41, 5.74) is 4.69. The summed E-state index contributed by atoms with van der Waals surface area (Å²) in [5.74, 6) is 0.102. The van der Waals surface area contributed by atoms with Crippen LogP contribution in [0.3, 0.4) is 0 Å². The highest BCUT2D eigenvalue weighted by Gasteiger charge is 2.24. The Labute approximate surface area is 207 Å². The molecule has 0 spiro atoms. The molecule has 1 atom stereocenters. The van der Waals surface area contributed by atoms with Crippen LogP contribution in [-0.2, 0) is 17.7 Å². The van der Waals surface area contributed by atoms with Gasteiger partial charge in [-0.15, -0.1) is 0 Å². The van der Waals surface area contributed by atoms with Gasteiger partial charge in [-0.3, -0.25) is 0 Å². The normalized spacial score (nSPS) is 19.1. The molecule has 35 heavy (non-hydrogen) atoms. The van der Waals surface area contributed by atoms with Crippen LogP contribution < -0.4 is 5.32 Å². The third-order valence-corrected chi connectivity index (χ3v) is 7.51. The van der Waals surface area contributed by atoms with Crippen LogP contribution in [0.25, 0.3) is 0 Å². The van der Waals surface area contributed by atoms with Crippen molar-refractivity contribution in [1.29, 1.82) is 0 Å². The predicted octanol–water partition coefficient (Wildman–Crippen LogP) is 5.89. The monoisotopic (exact) mass is 476 g/mol. The lowest BCUT2D eigenvalue weighted by Crippen LogP contribution is -2.47. The summed E-state index contributed by atoms with van der Waals surface area (Å²) in [6.45, 7) is 4.96. The highest BCUT2D eigenvalue weighted by Crippen LogP contribution is 2.29. The van der Waals surface area contributed by atoms with Crippen molar-refractivity contribution in [1.82, 2.24) is 10.2 Å². The lowest BCUT2D eigenvalue weighted by molar-refractivity contribution is 0.0592. The van der Waals surface area contributed by atoms with Gasteiger partial charge in [0.15, 0.2) is 0 Å². The molecule has 0 bridgehead atoms. The number of fused-ring (bicyclic) bond motifs is 1. The first kappa shape index (κ1) is 24.1. The molecular weight excluding hydrogens is 442 g/mol. The van der Waals surface area contributed by atoms with Crippen LogP contribution in [0.15, 0.2) is 72.8 Å². The maximum absolute atomic E-state index is 13.4. The van der Waals surface area contributed by atoms with E-state index in [2.05, 4.69) is 34.5 Å². The molecule has 2 aliphatic rings. The van der Waals surface area contributed by atoms with E-state index in [0.717, 1.165) is 50.1 Å². The van der Waals surface area contributed by atoms with Crippen LogP contribution in [-0.4, -0.2) is 37.2 Å². The van der Waals surface area contributed by atoms with Gasteiger partial charge in [0, 0.05) is 25.7 Å². The number of rotatable bonds is 8. The van der Waals surface area contributed by atoms with Gasteiger partial charge < -0.3 is 15.0 Å². The highest BCUT2D eigenvalue weighted by atomic mass is 19.1. The van der Waals surface area contributed by atoms with Crippen molar-refractivity contribution in [2.24, 2.45) is 5.92 Å². The van der Waals surface area contributed by atoms with Gasteiger partial charge in [0.05, 0.1) is 0 Å². The van der Waals surface area contributed by atoms with Crippen LogP contribution in [0.2, 0.25) is 0 Å². The molecule has 3 aromatic carbocycles. The fourth-order valence-corrected chi connectivity index (χ4v) is 5.43. The summed E-state index contributed by atoms with van der Waals surface area (Å²) in [6.07, 6.45) is 4.16. The first-order valence-corrected chi connectivity index (χ1v) is 12.8. The topological polar surface area (TPSA) is 24.5 Å². The minimum atomic E-state index is -0.323. The highest BCUT2D eigenvalue weighted by molar-refractivity contribution is 5.31. The third-order valence-electron chi connectivity index (χ3n) is 7.51. The van der Waals surface area contributed by atoms with E-state index in [1.807, 2.05) is 0 Å². The van der Waals surface area contributed by atoms with Crippen molar-refractivity contribution in [3.63, 3.8) is 0 Å². The van der Waals surface area contributed by atoms with Gasteiger partial charge in [-0.05, 0) is 91.2 Å². The fourth-order valence-electron chi connectivity index (χ4n) is 5.43. The lowest BCUT2D eigenvalue weighted by atomic mass is 9.92. The Hall–Kier alpha value is -2.60. The third kappa shape index (κ3) is 6.35. The molecule has 2 aliphatic heterocycles. The molecule has 0 radical (unpaired) electrons. The summed E-state index contributed by atoms with van der Waals surface area (Å²) in [6, 6.07) is 22.1. The largest absolute Gasteiger partial charge is 0.369 e. The Morgan fingerprint density at radius 2 is 1.43 bits per heavy atom. The molecule has 1 saturated heterocycles. The van der Waals surface area contributed by atoms with Crippen molar-refractivity contribution in [2.45, 2.75) is 44.4 Å². The number of piperidine rings is 1. The van der Waals surface area contributed by atoms with Crippen LogP contribution in [0.5, 0.6) is 0 Å². The van der Waals surface area contributed by atoms with Crippen molar-refractivity contribution in [3.8, 4) is 0 Å². The van der Waals surface area contributed by atoms with Gasteiger partial charge in [0.1, 0.15) is 17.7 Å². The Kier molecular flexibility index (Phi) is 7.87. The zero-order valence-electron chi connectivity index (χ0n) is 20.1. The standard InChI is InChI=1S/C30H34F2N2O/c31-27-9-5-23(6-10-27)30(24-7-11-28(32)12-8-24)35-18-15-22-13-16-34(17-14-22)21-29-19-25-3-1-2-4-26(25)20-33-29/h1-12,22,29-30,33H,13-21H2/t29-/m0/s1. The van der Waals surface area contributed by atoms with Crippen LogP contribution in [0, 0.1) is 17.6 Å². The molecule has 0 aliphatic carbocycles. The van der Waals surface area contributed by atoms with E-state index in [9.17, 15) is 8.78 Å². The molecule has 5 heteroatoms. The number of nitrogens with one attached hydrogen (secondary N) is 1. The number of ether oxygens (including phenoxy) is 1. The molecule has 1 N–H and O–H groups in total. The van der Waals surface area contributed by atoms with Crippen molar-refractivity contribution in [3.05, 3.63) is 107 Å². The van der Waals surface area contributed by atoms with E-state index < -0.39 is 0 Å². The Morgan fingerprint density at radius 3 is 2.06 bits per heavy atom. The zero-order chi connectivity index (χ0) is 24.0. The van der Waals surface area contributed by atoms with Gasteiger partial charge in [-0.25, -0.2) is 8.78 Å². The average Bonchev–Trinajstić information content (AvgIpc) is 2.89. The van der Waals surface area contributed by atoms with Crippen LogP contribution in [0.4, 0.5) is 8.78 Å². The van der Waals surface area contributed by atoms with E-state index in [1.54, 1.807) is 24.3 Å². The maximum Gasteiger partial charge on any atom is 0.123 e. The molecule has 1 fully saturated rings. The van der Waals surface area contributed by atoms with Gasteiger partial charge in [-0.1, -0.05) is 48.5 Å². The molecule has 184 valence electrons. The second-order valence-electron chi connectivity index (χ2n) is 9.94. The van der Waals surface area contributed by atoms with Crippen molar-refractivity contribution >= 4 is 0 Å².